The molecule has 1 heteroatoms. The first kappa shape index (κ1) is 14.4. The van der Waals surface area contributed by atoms with E-state index in [1.807, 2.05) is 0 Å². The van der Waals surface area contributed by atoms with Gasteiger partial charge in [0.25, 0.3) is 0 Å². The summed E-state index contributed by atoms with van der Waals surface area (Å²) in [6.07, 6.45) is 5.12. The summed E-state index contributed by atoms with van der Waals surface area (Å²) in [5.74, 6) is 0.903. The molecule has 0 amide bonds. The monoisotopic (exact) mass is 210 g/mol. The van der Waals surface area contributed by atoms with Gasteiger partial charge in [-0.15, -0.1) is 0 Å². The molecular weight excluding hydrogens is 184 g/mol. The normalized spacial score (nSPS) is 15.2. The molecule has 0 aromatic heterocycles. The molecule has 0 radical (unpaired) electrons. The molecule has 0 aliphatic heterocycles. The van der Waals surface area contributed by atoms with Crippen LogP contribution in [-0.4, -0.2) is 5.78 Å². The smallest absolute Gasteiger partial charge is 0.130 e. The van der Waals surface area contributed by atoms with Crippen LogP contribution in [0.5, 0.6) is 0 Å². The lowest BCUT2D eigenvalue weighted by Gasteiger charge is -2.24. The number of carbonyl (C=O) groups excluding carboxylic acids is 1. The fraction of sp³-hybridized carbons (Fsp3) is 0.786. The Kier molecular flexibility index (Phi) is 5.85. The fourth-order valence-corrected chi connectivity index (χ4v) is 1.48. The van der Waals surface area contributed by atoms with Gasteiger partial charge in [-0.3, -0.25) is 0 Å². The first-order valence-electron chi connectivity index (χ1n) is 5.98. The van der Waals surface area contributed by atoms with Gasteiger partial charge in [0.1, 0.15) is 5.78 Å². The molecule has 1 atom stereocenters. The Bertz CT molecular complexity index is 230. The van der Waals surface area contributed by atoms with Crippen LogP contribution in [-0.2, 0) is 4.79 Å². The number of allylic oxidation sites excluding steroid dienone is 2. The lowest BCUT2D eigenvalue weighted by Crippen LogP contribution is -2.12. The first-order valence-corrected chi connectivity index (χ1v) is 5.98. The Balaban J connectivity index is 4.59. The quantitative estimate of drug-likeness (QED) is 0.616. The molecule has 15 heavy (non-hydrogen) atoms. The summed E-state index contributed by atoms with van der Waals surface area (Å²) >= 11 is 0. The van der Waals surface area contributed by atoms with Gasteiger partial charge in [-0.1, -0.05) is 52.7 Å². The molecule has 88 valence electrons. The van der Waals surface area contributed by atoms with Crippen molar-refractivity contribution in [3.63, 3.8) is 0 Å². The van der Waals surface area contributed by atoms with E-state index in [4.69, 9.17) is 0 Å². The maximum Gasteiger partial charge on any atom is 0.130 e. The second-order valence-corrected chi connectivity index (χ2v) is 5.53. The number of rotatable bonds is 5. The van der Waals surface area contributed by atoms with E-state index in [0.29, 0.717) is 12.3 Å². The van der Waals surface area contributed by atoms with E-state index in [-0.39, 0.29) is 11.2 Å². The van der Waals surface area contributed by atoms with Crippen LogP contribution >= 0.6 is 0 Å². The highest BCUT2D eigenvalue weighted by molar-refractivity contribution is 5.75. The molecule has 0 heterocycles. The van der Waals surface area contributed by atoms with E-state index < -0.39 is 0 Å². The first-order chi connectivity index (χ1) is 6.77. The van der Waals surface area contributed by atoms with Crippen molar-refractivity contribution in [2.75, 3.05) is 0 Å². The Labute approximate surface area is 95.0 Å². The molecule has 0 rings (SSSR count). The molecule has 0 aliphatic carbocycles. The third kappa shape index (κ3) is 6.48. The summed E-state index contributed by atoms with van der Waals surface area (Å²) in [4.78, 5) is 11.0. The molecule has 0 aromatic rings. The molecule has 1 unspecified atom stereocenters. The summed E-state index contributed by atoms with van der Waals surface area (Å²) in [6, 6.07) is 0. The van der Waals surface area contributed by atoms with E-state index in [0.717, 1.165) is 6.42 Å². The molecule has 1 nitrogen and oxygen atoms in total. The Morgan fingerprint density at radius 3 is 2.13 bits per heavy atom. The zero-order valence-corrected chi connectivity index (χ0v) is 11.2. The second-order valence-electron chi connectivity index (χ2n) is 5.53. The topological polar surface area (TPSA) is 17.1 Å². The van der Waals surface area contributed by atoms with Crippen molar-refractivity contribution in [2.45, 2.75) is 60.8 Å². The molecule has 0 saturated heterocycles. The minimum Gasteiger partial charge on any atom is -0.300 e. The molecule has 0 N–H and O–H groups in total. The summed E-state index contributed by atoms with van der Waals surface area (Å²) in [5.41, 5.74) is 1.62. The van der Waals surface area contributed by atoms with Crippen molar-refractivity contribution in [2.24, 2.45) is 11.3 Å². The van der Waals surface area contributed by atoms with Crippen LogP contribution in [0, 0.1) is 11.3 Å². The van der Waals surface area contributed by atoms with E-state index in [1.54, 1.807) is 6.92 Å². The van der Waals surface area contributed by atoms with E-state index >= 15 is 0 Å². The van der Waals surface area contributed by atoms with Gasteiger partial charge in [0.15, 0.2) is 0 Å². The van der Waals surface area contributed by atoms with Crippen LogP contribution in [0.2, 0.25) is 0 Å². The van der Waals surface area contributed by atoms with Crippen LogP contribution < -0.4 is 0 Å². The summed E-state index contributed by atoms with van der Waals surface area (Å²) in [7, 11) is 0. The summed E-state index contributed by atoms with van der Waals surface area (Å²) < 4.78 is 0. The van der Waals surface area contributed by atoms with Crippen molar-refractivity contribution >= 4 is 5.78 Å². The lowest BCUT2D eigenvalue weighted by molar-refractivity contribution is -0.117. The van der Waals surface area contributed by atoms with Crippen LogP contribution in [0.1, 0.15) is 60.8 Å². The highest BCUT2D eigenvalue weighted by Crippen LogP contribution is 2.30. The Morgan fingerprint density at radius 1 is 1.27 bits per heavy atom. The zero-order chi connectivity index (χ0) is 12.1. The largest absolute Gasteiger partial charge is 0.300 e. The number of Topliss-reactive ketones (excluding diaryl/α,β-unsaturated/α-hetero) is 1. The Hall–Kier alpha value is -0.590. The maximum atomic E-state index is 11.0. The highest BCUT2D eigenvalue weighted by atomic mass is 16.1. The molecule has 0 spiro atoms. The second kappa shape index (κ2) is 6.09. The Morgan fingerprint density at radius 2 is 1.80 bits per heavy atom. The molecule has 0 bridgehead atoms. The molecule has 0 fully saturated rings. The van der Waals surface area contributed by atoms with Gasteiger partial charge >= 0.3 is 0 Å². The lowest BCUT2D eigenvalue weighted by atomic mass is 9.81. The van der Waals surface area contributed by atoms with Crippen LogP contribution in [0.15, 0.2) is 11.6 Å². The minimum atomic E-state index is 0.193. The van der Waals surface area contributed by atoms with Crippen LogP contribution in [0.4, 0.5) is 0 Å². The minimum absolute atomic E-state index is 0.193. The zero-order valence-electron chi connectivity index (χ0n) is 11.2. The van der Waals surface area contributed by atoms with Crippen molar-refractivity contribution < 1.29 is 4.79 Å². The number of ketones is 1. The molecule has 0 aliphatic rings. The third-order valence-corrected chi connectivity index (χ3v) is 2.84. The molecular formula is C14H26O. The van der Waals surface area contributed by atoms with Gasteiger partial charge in [-0.05, 0) is 24.7 Å². The van der Waals surface area contributed by atoms with E-state index in [9.17, 15) is 4.79 Å². The number of carbonyl (C=O) groups is 1. The van der Waals surface area contributed by atoms with Crippen molar-refractivity contribution in [3.05, 3.63) is 11.6 Å². The predicted octanol–water partition coefficient (Wildman–Crippen LogP) is 4.37. The van der Waals surface area contributed by atoms with Gasteiger partial charge in [0.2, 0.25) is 0 Å². The predicted molar refractivity (Wildman–Crippen MR) is 66.9 cm³/mol. The van der Waals surface area contributed by atoms with E-state index in [1.165, 1.54) is 12.0 Å². The van der Waals surface area contributed by atoms with Crippen molar-refractivity contribution in [1.29, 1.82) is 0 Å². The highest BCUT2D eigenvalue weighted by Gasteiger charge is 2.17. The third-order valence-electron chi connectivity index (χ3n) is 2.84. The number of hydrogen-bond acceptors (Lipinski definition) is 1. The molecule has 0 saturated carbocycles. The van der Waals surface area contributed by atoms with Crippen LogP contribution in [0.3, 0.4) is 0 Å². The maximum absolute atomic E-state index is 11.0. The SMILES string of the molecule is CCC(C)/C=C(\CCC(C)=O)C(C)(C)C. The fourth-order valence-electron chi connectivity index (χ4n) is 1.48. The van der Waals surface area contributed by atoms with E-state index in [2.05, 4.69) is 40.7 Å². The molecule has 0 aromatic carbocycles. The average Bonchev–Trinajstić information content (AvgIpc) is 2.09. The van der Waals surface area contributed by atoms with Crippen LogP contribution in [0.25, 0.3) is 0 Å². The van der Waals surface area contributed by atoms with Gasteiger partial charge in [-0.2, -0.15) is 0 Å². The van der Waals surface area contributed by atoms with Gasteiger partial charge in [-0.25, -0.2) is 0 Å². The van der Waals surface area contributed by atoms with Gasteiger partial charge < -0.3 is 4.79 Å². The standard InChI is InChI=1S/C14H26O/c1-7-11(2)10-13(14(4,5)6)9-8-12(3)15/h10-11H,7-9H2,1-6H3/b13-10+. The van der Waals surface area contributed by atoms with Gasteiger partial charge in [0.05, 0.1) is 0 Å². The summed E-state index contributed by atoms with van der Waals surface area (Å²) in [5, 5.41) is 0. The average molecular weight is 210 g/mol. The van der Waals surface area contributed by atoms with Gasteiger partial charge in [0, 0.05) is 6.42 Å². The summed E-state index contributed by atoms with van der Waals surface area (Å²) in [6.45, 7) is 12.8. The van der Waals surface area contributed by atoms with Crippen molar-refractivity contribution in [1.82, 2.24) is 0 Å². The van der Waals surface area contributed by atoms with Crippen molar-refractivity contribution in [3.8, 4) is 0 Å². The number of hydrogen-bond donors (Lipinski definition) is 0.